The van der Waals surface area contributed by atoms with Gasteiger partial charge in [0.05, 0.1) is 6.04 Å². The maximum absolute atomic E-state index is 5.70. The molecule has 1 rings (SSSR count). The Morgan fingerprint density at radius 3 is 2.58 bits per heavy atom. The van der Waals surface area contributed by atoms with Crippen molar-refractivity contribution in [3.63, 3.8) is 0 Å². The Balaban J connectivity index is 2.87. The van der Waals surface area contributed by atoms with Crippen LogP contribution in [0.1, 0.15) is 16.5 Å². The number of aryl methyl sites for hydroxylation is 1. The molecular formula is C9H16N2S. The lowest BCUT2D eigenvalue weighted by molar-refractivity contribution is 0.309. The molecule has 1 atom stereocenters. The average Bonchev–Trinajstić information content (AvgIpc) is 2.38. The highest BCUT2D eigenvalue weighted by atomic mass is 32.1. The molecule has 0 bridgehead atoms. The van der Waals surface area contributed by atoms with Crippen LogP contribution in [0.4, 0.5) is 0 Å². The predicted molar refractivity (Wildman–Crippen MR) is 54.5 cm³/mol. The fourth-order valence-electron chi connectivity index (χ4n) is 1.28. The van der Waals surface area contributed by atoms with Gasteiger partial charge in [0, 0.05) is 11.4 Å². The molecule has 3 heteroatoms. The lowest BCUT2D eigenvalue weighted by Crippen LogP contribution is -2.26. The molecule has 68 valence electrons. The molecule has 1 aromatic heterocycles. The van der Waals surface area contributed by atoms with Crippen molar-refractivity contribution in [1.82, 2.24) is 4.90 Å². The van der Waals surface area contributed by atoms with Crippen LogP contribution in [0.15, 0.2) is 11.4 Å². The van der Waals surface area contributed by atoms with Gasteiger partial charge < -0.3 is 10.6 Å². The minimum atomic E-state index is 0.380. The highest BCUT2D eigenvalue weighted by Crippen LogP contribution is 2.25. The third-order valence-electron chi connectivity index (χ3n) is 2.05. The number of likely N-dealkylation sites (N-methyl/N-ethyl adjacent to an activating group) is 1. The fourth-order valence-corrected chi connectivity index (χ4v) is 2.42. The summed E-state index contributed by atoms with van der Waals surface area (Å²) in [5, 5.41) is 2.12. The standard InChI is InChI=1S/C9H16N2S/c1-7-4-5-12-9(7)8(6-10)11(2)3/h4-5,8H,6,10H2,1-3H3/t8-/m0/s1. The molecule has 1 heterocycles. The molecule has 0 aromatic carbocycles. The summed E-state index contributed by atoms with van der Waals surface area (Å²) in [5.41, 5.74) is 7.05. The summed E-state index contributed by atoms with van der Waals surface area (Å²) in [4.78, 5) is 3.56. The lowest BCUT2D eigenvalue weighted by atomic mass is 10.1. The van der Waals surface area contributed by atoms with Crippen molar-refractivity contribution >= 4 is 11.3 Å². The topological polar surface area (TPSA) is 29.3 Å². The monoisotopic (exact) mass is 184 g/mol. The Kier molecular flexibility index (Phi) is 3.26. The summed E-state index contributed by atoms with van der Waals surface area (Å²) in [6.45, 7) is 2.83. The van der Waals surface area contributed by atoms with Crippen LogP contribution in [0.5, 0.6) is 0 Å². The molecule has 0 fully saturated rings. The predicted octanol–water partition coefficient (Wildman–Crippen LogP) is 1.62. The minimum Gasteiger partial charge on any atom is -0.329 e. The van der Waals surface area contributed by atoms with Crippen molar-refractivity contribution in [2.45, 2.75) is 13.0 Å². The molecule has 0 amide bonds. The summed E-state index contributed by atoms with van der Waals surface area (Å²) < 4.78 is 0. The number of nitrogens with zero attached hydrogens (tertiary/aromatic N) is 1. The third kappa shape index (κ3) is 1.86. The second-order valence-corrected chi connectivity index (χ2v) is 4.13. The van der Waals surface area contributed by atoms with Crippen molar-refractivity contribution in [2.24, 2.45) is 5.73 Å². The van der Waals surface area contributed by atoms with Gasteiger partial charge in [0.2, 0.25) is 0 Å². The summed E-state index contributed by atoms with van der Waals surface area (Å²) in [5.74, 6) is 0. The number of hydrogen-bond acceptors (Lipinski definition) is 3. The van der Waals surface area contributed by atoms with Gasteiger partial charge in [0.15, 0.2) is 0 Å². The highest BCUT2D eigenvalue weighted by Gasteiger charge is 2.14. The second-order valence-electron chi connectivity index (χ2n) is 3.18. The molecule has 1 aromatic rings. The van der Waals surface area contributed by atoms with Crippen LogP contribution in [-0.4, -0.2) is 25.5 Å². The first kappa shape index (κ1) is 9.71. The van der Waals surface area contributed by atoms with Crippen LogP contribution in [-0.2, 0) is 0 Å². The van der Waals surface area contributed by atoms with Gasteiger partial charge in [-0.1, -0.05) is 0 Å². The summed E-state index contributed by atoms with van der Waals surface area (Å²) in [6, 6.07) is 2.52. The Hall–Kier alpha value is -0.380. The van der Waals surface area contributed by atoms with E-state index in [0.29, 0.717) is 12.6 Å². The SMILES string of the molecule is Cc1ccsc1[C@H](CN)N(C)C. The second kappa shape index (κ2) is 4.03. The smallest absolute Gasteiger partial charge is 0.0562 e. The normalized spacial score (nSPS) is 13.8. The van der Waals surface area contributed by atoms with E-state index in [1.807, 2.05) is 0 Å². The average molecular weight is 184 g/mol. The molecular weight excluding hydrogens is 168 g/mol. The van der Waals surface area contributed by atoms with Crippen LogP contribution in [0, 0.1) is 6.92 Å². The molecule has 12 heavy (non-hydrogen) atoms. The van der Waals surface area contributed by atoms with Gasteiger partial charge in [-0.05, 0) is 38.0 Å². The first-order chi connectivity index (χ1) is 5.66. The van der Waals surface area contributed by atoms with Gasteiger partial charge in [-0.15, -0.1) is 11.3 Å². The van der Waals surface area contributed by atoms with E-state index < -0.39 is 0 Å². The summed E-state index contributed by atoms with van der Waals surface area (Å²) >= 11 is 1.79. The molecule has 0 aliphatic heterocycles. The summed E-state index contributed by atoms with van der Waals surface area (Å²) in [6.07, 6.45) is 0. The van der Waals surface area contributed by atoms with Crippen molar-refractivity contribution in [2.75, 3.05) is 20.6 Å². The third-order valence-corrected chi connectivity index (χ3v) is 3.17. The molecule has 0 aliphatic rings. The van der Waals surface area contributed by atoms with E-state index in [9.17, 15) is 0 Å². The fraction of sp³-hybridized carbons (Fsp3) is 0.556. The highest BCUT2D eigenvalue weighted by molar-refractivity contribution is 7.10. The van der Waals surface area contributed by atoms with Crippen LogP contribution in [0.25, 0.3) is 0 Å². The van der Waals surface area contributed by atoms with Crippen LogP contribution >= 0.6 is 11.3 Å². The zero-order chi connectivity index (χ0) is 9.14. The van der Waals surface area contributed by atoms with Gasteiger partial charge in [0.25, 0.3) is 0 Å². The van der Waals surface area contributed by atoms with Crippen molar-refractivity contribution in [1.29, 1.82) is 0 Å². The largest absolute Gasteiger partial charge is 0.329 e. The van der Waals surface area contributed by atoms with E-state index in [4.69, 9.17) is 5.73 Å². The van der Waals surface area contributed by atoms with Gasteiger partial charge in [0.1, 0.15) is 0 Å². The Bertz CT molecular complexity index is 242. The van der Waals surface area contributed by atoms with Crippen molar-refractivity contribution in [3.8, 4) is 0 Å². The number of rotatable bonds is 3. The summed E-state index contributed by atoms with van der Waals surface area (Å²) in [7, 11) is 4.13. The molecule has 2 nitrogen and oxygen atoms in total. The van der Waals surface area contributed by atoms with E-state index in [0.717, 1.165) is 0 Å². The van der Waals surface area contributed by atoms with Gasteiger partial charge >= 0.3 is 0 Å². The zero-order valence-electron chi connectivity index (χ0n) is 7.87. The van der Waals surface area contributed by atoms with Gasteiger partial charge in [-0.2, -0.15) is 0 Å². The van der Waals surface area contributed by atoms with E-state index in [-0.39, 0.29) is 0 Å². The molecule has 0 aliphatic carbocycles. The van der Waals surface area contributed by atoms with Crippen molar-refractivity contribution in [3.05, 3.63) is 21.9 Å². The maximum Gasteiger partial charge on any atom is 0.0562 e. The zero-order valence-corrected chi connectivity index (χ0v) is 8.69. The van der Waals surface area contributed by atoms with Gasteiger partial charge in [-0.3, -0.25) is 0 Å². The number of nitrogens with two attached hydrogens (primary N) is 1. The molecule has 0 saturated heterocycles. The van der Waals surface area contributed by atoms with E-state index in [1.54, 1.807) is 11.3 Å². The first-order valence-electron chi connectivity index (χ1n) is 4.07. The Morgan fingerprint density at radius 1 is 1.58 bits per heavy atom. The Morgan fingerprint density at radius 2 is 2.25 bits per heavy atom. The molecule has 0 radical (unpaired) electrons. The van der Waals surface area contributed by atoms with Crippen LogP contribution in [0.2, 0.25) is 0 Å². The number of thiophene rings is 1. The van der Waals surface area contributed by atoms with E-state index in [1.165, 1.54) is 10.4 Å². The molecule has 2 N–H and O–H groups in total. The minimum absolute atomic E-state index is 0.380. The number of hydrogen-bond donors (Lipinski definition) is 1. The van der Waals surface area contributed by atoms with E-state index >= 15 is 0 Å². The molecule has 0 saturated carbocycles. The van der Waals surface area contributed by atoms with Crippen molar-refractivity contribution < 1.29 is 0 Å². The quantitative estimate of drug-likeness (QED) is 0.773. The van der Waals surface area contributed by atoms with Crippen LogP contribution < -0.4 is 5.73 Å². The molecule has 0 spiro atoms. The first-order valence-corrected chi connectivity index (χ1v) is 4.95. The molecule has 0 unspecified atom stereocenters. The van der Waals surface area contributed by atoms with Crippen LogP contribution in [0.3, 0.4) is 0 Å². The lowest BCUT2D eigenvalue weighted by Gasteiger charge is -2.22. The van der Waals surface area contributed by atoms with E-state index in [2.05, 4.69) is 37.4 Å². The van der Waals surface area contributed by atoms with Gasteiger partial charge in [-0.25, -0.2) is 0 Å². The Labute approximate surface area is 78.0 Å². The maximum atomic E-state index is 5.70.